The summed E-state index contributed by atoms with van der Waals surface area (Å²) in [5.41, 5.74) is -1.79. The first-order valence-electron chi connectivity index (χ1n) is 9.85. The molecule has 8 nitrogen and oxygen atoms in total. The van der Waals surface area contributed by atoms with E-state index in [2.05, 4.69) is 5.32 Å². The van der Waals surface area contributed by atoms with Gasteiger partial charge in [0, 0.05) is 37.9 Å². The maximum atomic E-state index is 15.3. The summed E-state index contributed by atoms with van der Waals surface area (Å²) in [6.45, 7) is 3.41. The summed E-state index contributed by atoms with van der Waals surface area (Å²) in [4.78, 5) is 26.3. The number of methoxy groups -OCH3 is 1. The van der Waals surface area contributed by atoms with E-state index in [1.807, 2.05) is 6.92 Å². The number of anilines is 1. The quantitative estimate of drug-likeness (QED) is 0.567. The number of aromatic nitrogens is 1. The van der Waals surface area contributed by atoms with Gasteiger partial charge in [-0.05, 0) is 25.1 Å². The molecule has 12 heteroatoms. The molecular formula is C22H23ClF3N3O5. The maximum absolute atomic E-state index is 15.3. The van der Waals surface area contributed by atoms with Crippen molar-refractivity contribution in [2.45, 2.75) is 13.0 Å². The van der Waals surface area contributed by atoms with Gasteiger partial charge in [-0.15, -0.1) is 12.4 Å². The highest BCUT2D eigenvalue weighted by molar-refractivity contribution is 5.97. The summed E-state index contributed by atoms with van der Waals surface area (Å²) in [6.07, 6.45) is 0.938. The zero-order valence-corrected chi connectivity index (χ0v) is 19.0. The van der Waals surface area contributed by atoms with E-state index in [-0.39, 0.29) is 52.0 Å². The van der Waals surface area contributed by atoms with Crippen molar-refractivity contribution in [3.8, 4) is 11.4 Å². The Balaban J connectivity index is 0.00000204. The average molecular weight is 502 g/mol. The van der Waals surface area contributed by atoms with Gasteiger partial charge in [0.15, 0.2) is 11.6 Å². The van der Waals surface area contributed by atoms with E-state index in [0.29, 0.717) is 25.7 Å². The molecule has 0 spiro atoms. The second-order valence-corrected chi connectivity index (χ2v) is 7.58. The minimum atomic E-state index is -1.56. The van der Waals surface area contributed by atoms with Gasteiger partial charge >= 0.3 is 5.97 Å². The zero-order valence-electron chi connectivity index (χ0n) is 18.2. The van der Waals surface area contributed by atoms with Gasteiger partial charge in [0.1, 0.15) is 28.4 Å². The van der Waals surface area contributed by atoms with Crippen molar-refractivity contribution in [2.75, 3.05) is 31.6 Å². The number of hydrogen-bond donors (Lipinski definition) is 2. The molecule has 1 saturated heterocycles. The highest BCUT2D eigenvalue weighted by atomic mass is 35.5. The number of rotatable bonds is 4. The summed E-state index contributed by atoms with van der Waals surface area (Å²) in [5, 5.41) is 12.4. The number of carboxylic acid groups (broad SMARTS) is 1. The van der Waals surface area contributed by atoms with Crippen LogP contribution in [0.2, 0.25) is 0 Å². The van der Waals surface area contributed by atoms with Crippen LogP contribution in [-0.2, 0) is 0 Å². The van der Waals surface area contributed by atoms with Crippen LogP contribution in [0.1, 0.15) is 17.3 Å². The minimum Gasteiger partial charge on any atom is -0.492 e. The third kappa shape index (κ3) is 4.54. The molecule has 1 aliphatic rings. The molecule has 4 N–H and O–H groups in total. The Morgan fingerprint density at radius 3 is 2.50 bits per heavy atom. The van der Waals surface area contributed by atoms with Crippen LogP contribution in [-0.4, -0.2) is 53.9 Å². The normalized spacial score (nSPS) is 15.4. The molecule has 184 valence electrons. The van der Waals surface area contributed by atoms with Crippen molar-refractivity contribution in [1.29, 1.82) is 0 Å². The first-order chi connectivity index (χ1) is 15.2. The third-order valence-corrected chi connectivity index (χ3v) is 5.46. The van der Waals surface area contributed by atoms with Gasteiger partial charge < -0.3 is 30.1 Å². The smallest absolute Gasteiger partial charge is 0.341 e. The molecule has 2 aromatic carbocycles. The first-order valence-corrected chi connectivity index (χ1v) is 9.85. The zero-order chi connectivity index (χ0) is 23.2. The van der Waals surface area contributed by atoms with E-state index >= 15 is 4.39 Å². The van der Waals surface area contributed by atoms with Crippen LogP contribution in [0.4, 0.5) is 18.9 Å². The Hall–Kier alpha value is -3.28. The van der Waals surface area contributed by atoms with Gasteiger partial charge in [-0.1, -0.05) is 0 Å². The number of fused-ring (bicyclic) bond motifs is 1. The van der Waals surface area contributed by atoms with Gasteiger partial charge in [0.2, 0.25) is 5.43 Å². The second-order valence-electron chi connectivity index (χ2n) is 7.58. The minimum absolute atomic E-state index is 0. The third-order valence-electron chi connectivity index (χ3n) is 5.46. The number of pyridine rings is 1. The van der Waals surface area contributed by atoms with Crippen LogP contribution in [0.25, 0.3) is 16.6 Å². The van der Waals surface area contributed by atoms with Crippen LogP contribution in [0, 0.1) is 17.5 Å². The fourth-order valence-electron chi connectivity index (χ4n) is 4.06. The predicted octanol–water partition coefficient (Wildman–Crippen LogP) is 2.51. The summed E-state index contributed by atoms with van der Waals surface area (Å²) in [5.74, 6) is -4.20. The van der Waals surface area contributed by atoms with Crippen LogP contribution in [0.5, 0.6) is 5.75 Å². The second kappa shape index (κ2) is 10.3. The number of nitrogens with one attached hydrogen (secondary N) is 1. The Morgan fingerprint density at radius 1 is 1.21 bits per heavy atom. The number of ether oxygens (including phenoxy) is 1. The largest absolute Gasteiger partial charge is 0.492 e. The molecular weight excluding hydrogens is 479 g/mol. The Bertz CT molecular complexity index is 1300. The topological polar surface area (TPSA) is 115 Å². The number of nitrogens with zero attached hydrogens (tertiary/aromatic N) is 2. The van der Waals surface area contributed by atoms with Crippen molar-refractivity contribution < 1.29 is 33.3 Å². The van der Waals surface area contributed by atoms with Gasteiger partial charge in [-0.25, -0.2) is 18.0 Å². The van der Waals surface area contributed by atoms with Crippen molar-refractivity contribution in [2.24, 2.45) is 0 Å². The molecule has 1 aromatic heterocycles. The van der Waals surface area contributed by atoms with Crippen molar-refractivity contribution in [3.63, 3.8) is 0 Å². The number of piperazine rings is 1. The van der Waals surface area contributed by atoms with E-state index in [1.165, 1.54) is 7.11 Å². The maximum Gasteiger partial charge on any atom is 0.341 e. The van der Waals surface area contributed by atoms with E-state index in [4.69, 9.17) is 4.74 Å². The van der Waals surface area contributed by atoms with Crippen LogP contribution in [0.15, 0.2) is 35.3 Å². The number of carbonyl (C=O) groups is 1. The molecule has 1 atom stereocenters. The monoisotopic (exact) mass is 501 g/mol. The molecule has 3 aromatic rings. The fraction of sp³-hybridized carbons (Fsp3) is 0.273. The van der Waals surface area contributed by atoms with Crippen LogP contribution in [0.3, 0.4) is 0 Å². The van der Waals surface area contributed by atoms with Gasteiger partial charge in [-0.3, -0.25) is 4.79 Å². The SMILES string of the molecule is COc1c(N2CCNC(C)C2)c(F)cc2c(=O)c(C(=O)O)cn(-c3ccc(F)cc3F)c12.Cl.O. The Morgan fingerprint density at radius 2 is 1.91 bits per heavy atom. The molecule has 1 fully saturated rings. The van der Waals surface area contributed by atoms with Crippen molar-refractivity contribution >= 4 is 35.0 Å². The van der Waals surface area contributed by atoms with Crippen LogP contribution < -0.4 is 20.4 Å². The van der Waals surface area contributed by atoms with E-state index in [9.17, 15) is 23.5 Å². The molecule has 0 aliphatic carbocycles. The first kappa shape index (κ1) is 27.0. The molecule has 0 saturated carbocycles. The number of hydrogen-bond acceptors (Lipinski definition) is 5. The lowest BCUT2D eigenvalue weighted by molar-refractivity contribution is 0.0695. The summed E-state index contributed by atoms with van der Waals surface area (Å²) in [6, 6.07) is 3.73. The van der Waals surface area contributed by atoms with E-state index in [0.717, 1.165) is 29.0 Å². The molecule has 1 aliphatic heterocycles. The lowest BCUT2D eigenvalue weighted by Gasteiger charge is -2.35. The van der Waals surface area contributed by atoms with Crippen LogP contribution >= 0.6 is 12.4 Å². The summed E-state index contributed by atoms with van der Waals surface area (Å²) >= 11 is 0. The van der Waals surface area contributed by atoms with E-state index in [1.54, 1.807) is 4.90 Å². The number of aromatic carboxylic acids is 1. The number of benzene rings is 2. The molecule has 4 rings (SSSR count). The van der Waals surface area contributed by atoms with Gasteiger partial charge in [0.05, 0.1) is 18.2 Å². The lowest BCUT2D eigenvalue weighted by Crippen LogP contribution is -2.49. The summed E-state index contributed by atoms with van der Waals surface area (Å²) in [7, 11) is 1.28. The summed E-state index contributed by atoms with van der Waals surface area (Å²) < 4.78 is 50.1. The standard InChI is InChI=1S/C22H20F3N3O4.ClH.H2O/c1-11-9-27(6-5-26-11)19-16(25)8-13-18(21(19)32-2)28(10-14(20(13)29)22(30)31)17-4-3-12(23)7-15(17)24;;/h3-4,7-8,10-11,26H,5-6,9H2,1-2H3,(H,30,31);1H;1H2. The molecule has 34 heavy (non-hydrogen) atoms. The highest BCUT2D eigenvalue weighted by Gasteiger charge is 2.28. The van der Waals surface area contributed by atoms with Gasteiger partial charge in [-0.2, -0.15) is 0 Å². The Labute approximate surface area is 198 Å². The number of carboxylic acids is 1. The highest BCUT2D eigenvalue weighted by Crippen LogP contribution is 2.39. The number of halogens is 4. The average Bonchev–Trinajstić information content (AvgIpc) is 2.73. The predicted molar refractivity (Wildman–Crippen MR) is 123 cm³/mol. The van der Waals surface area contributed by atoms with Crippen molar-refractivity contribution in [3.05, 3.63) is 63.7 Å². The molecule has 2 heterocycles. The fourth-order valence-corrected chi connectivity index (χ4v) is 4.06. The molecule has 1 unspecified atom stereocenters. The molecule has 0 bridgehead atoms. The molecule has 0 radical (unpaired) electrons. The Kier molecular flexibility index (Phi) is 8.19. The van der Waals surface area contributed by atoms with E-state index < -0.39 is 34.4 Å². The molecule has 0 amide bonds. The van der Waals surface area contributed by atoms with Crippen molar-refractivity contribution in [1.82, 2.24) is 9.88 Å². The lowest BCUT2D eigenvalue weighted by atomic mass is 10.1. The van der Waals surface area contributed by atoms with Gasteiger partial charge in [0.25, 0.3) is 0 Å².